The summed E-state index contributed by atoms with van der Waals surface area (Å²) in [6, 6.07) is 9.46. The molecule has 0 aliphatic heterocycles. The molecule has 0 saturated carbocycles. The molecule has 1 aromatic heterocycles. The Bertz CT molecular complexity index is 684. The van der Waals surface area contributed by atoms with Crippen molar-refractivity contribution in [2.45, 2.75) is 6.54 Å². The fourth-order valence-electron chi connectivity index (χ4n) is 1.63. The van der Waals surface area contributed by atoms with Gasteiger partial charge in [-0.3, -0.25) is 24.7 Å². The van der Waals surface area contributed by atoms with Crippen molar-refractivity contribution in [2.24, 2.45) is 0 Å². The Balaban J connectivity index is 1.87. The minimum Gasteiger partial charge on any atom is -0.399 e. The highest BCUT2D eigenvalue weighted by atomic mass is 16.2. The van der Waals surface area contributed by atoms with Gasteiger partial charge in [-0.05, 0) is 35.9 Å². The summed E-state index contributed by atoms with van der Waals surface area (Å²) in [4.78, 5) is 38.9. The van der Waals surface area contributed by atoms with Crippen molar-refractivity contribution in [3.63, 3.8) is 0 Å². The predicted octanol–water partition coefficient (Wildman–Crippen LogP) is 0.237. The lowest BCUT2D eigenvalue weighted by Crippen LogP contribution is -2.42. The summed E-state index contributed by atoms with van der Waals surface area (Å²) >= 11 is 0. The molecule has 0 saturated heterocycles. The number of rotatable bonds is 3. The number of carbonyl (C=O) groups is 3. The minimum atomic E-state index is -1.02. The Hall–Kier alpha value is -3.22. The number of aromatic nitrogens is 1. The van der Waals surface area contributed by atoms with Crippen LogP contribution in [0.5, 0.6) is 0 Å². The Kier molecular flexibility index (Phi) is 4.81. The third-order valence-electron chi connectivity index (χ3n) is 2.78. The first-order valence-corrected chi connectivity index (χ1v) is 6.44. The van der Waals surface area contributed by atoms with Gasteiger partial charge >= 0.3 is 11.8 Å². The second-order valence-corrected chi connectivity index (χ2v) is 4.45. The van der Waals surface area contributed by atoms with Crippen LogP contribution in [0.3, 0.4) is 0 Å². The third kappa shape index (κ3) is 4.14. The quantitative estimate of drug-likeness (QED) is 0.554. The SMILES string of the molecule is Nc1ccc(C(=O)NC(=O)C(=O)NCc2cccnc2)cc1. The summed E-state index contributed by atoms with van der Waals surface area (Å²) < 4.78 is 0. The fourth-order valence-corrected chi connectivity index (χ4v) is 1.63. The van der Waals surface area contributed by atoms with Crippen molar-refractivity contribution >= 4 is 23.4 Å². The first-order chi connectivity index (χ1) is 10.6. The number of anilines is 1. The molecule has 0 fully saturated rings. The molecular weight excluding hydrogens is 284 g/mol. The van der Waals surface area contributed by atoms with Gasteiger partial charge in [0, 0.05) is 30.2 Å². The van der Waals surface area contributed by atoms with E-state index in [1.807, 2.05) is 5.32 Å². The molecule has 0 aliphatic rings. The third-order valence-corrected chi connectivity index (χ3v) is 2.78. The molecule has 0 spiro atoms. The fraction of sp³-hybridized carbons (Fsp3) is 0.0667. The Morgan fingerprint density at radius 3 is 2.41 bits per heavy atom. The molecule has 22 heavy (non-hydrogen) atoms. The number of imide groups is 1. The number of pyridine rings is 1. The molecule has 7 heteroatoms. The van der Waals surface area contributed by atoms with Gasteiger partial charge in [0.25, 0.3) is 5.91 Å². The normalized spacial score (nSPS) is 9.82. The van der Waals surface area contributed by atoms with E-state index < -0.39 is 17.7 Å². The van der Waals surface area contributed by atoms with Crippen molar-refractivity contribution in [3.8, 4) is 0 Å². The van der Waals surface area contributed by atoms with Crippen LogP contribution >= 0.6 is 0 Å². The van der Waals surface area contributed by atoms with E-state index in [0.717, 1.165) is 5.56 Å². The van der Waals surface area contributed by atoms with Gasteiger partial charge in [-0.2, -0.15) is 0 Å². The van der Waals surface area contributed by atoms with E-state index in [1.165, 1.54) is 24.3 Å². The average Bonchev–Trinajstić information content (AvgIpc) is 2.54. The van der Waals surface area contributed by atoms with Gasteiger partial charge in [0.15, 0.2) is 0 Å². The molecule has 2 rings (SSSR count). The van der Waals surface area contributed by atoms with Crippen molar-refractivity contribution in [3.05, 3.63) is 59.9 Å². The summed E-state index contributed by atoms with van der Waals surface area (Å²) in [5, 5.41) is 4.41. The summed E-state index contributed by atoms with van der Waals surface area (Å²) in [6.45, 7) is 0.149. The van der Waals surface area contributed by atoms with Crippen LogP contribution in [0.4, 0.5) is 5.69 Å². The standard InChI is InChI=1S/C15H14N4O3/c16-12-5-3-11(4-6-12)13(20)19-15(22)14(21)18-9-10-2-1-7-17-8-10/h1-8H,9,16H2,(H,18,21)(H,19,20,22). The zero-order valence-electron chi connectivity index (χ0n) is 11.6. The molecule has 0 atom stereocenters. The van der Waals surface area contributed by atoms with Crippen molar-refractivity contribution in [2.75, 3.05) is 5.73 Å². The molecule has 2 aromatic rings. The molecule has 0 radical (unpaired) electrons. The molecule has 0 bridgehead atoms. The minimum absolute atomic E-state index is 0.149. The van der Waals surface area contributed by atoms with E-state index in [4.69, 9.17) is 5.73 Å². The van der Waals surface area contributed by atoms with Crippen LogP contribution in [0.1, 0.15) is 15.9 Å². The van der Waals surface area contributed by atoms with E-state index in [0.29, 0.717) is 5.69 Å². The number of amides is 3. The molecule has 112 valence electrons. The molecule has 3 amide bonds. The summed E-state index contributed by atoms with van der Waals surface area (Å²) in [5.41, 5.74) is 6.98. The highest BCUT2D eigenvalue weighted by Gasteiger charge is 2.17. The highest BCUT2D eigenvalue weighted by Crippen LogP contribution is 2.05. The molecule has 4 N–H and O–H groups in total. The van der Waals surface area contributed by atoms with Crippen LogP contribution in [-0.2, 0) is 16.1 Å². The number of benzene rings is 1. The highest BCUT2D eigenvalue weighted by molar-refractivity contribution is 6.38. The number of nitrogens with one attached hydrogen (secondary N) is 2. The summed E-state index contributed by atoms with van der Waals surface area (Å²) in [7, 11) is 0. The Morgan fingerprint density at radius 2 is 1.77 bits per heavy atom. The molecule has 1 aromatic carbocycles. The van der Waals surface area contributed by atoms with Gasteiger partial charge in [0.2, 0.25) is 0 Å². The van der Waals surface area contributed by atoms with Crippen LogP contribution in [-0.4, -0.2) is 22.7 Å². The lowest BCUT2D eigenvalue weighted by Gasteiger charge is -2.06. The van der Waals surface area contributed by atoms with Gasteiger partial charge in [-0.1, -0.05) is 6.07 Å². The maximum absolute atomic E-state index is 11.8. The number of nitrogens with zero attached hydrogens (tertiary/aromatic N) is 1. The monoisotopic (exact) mass is 298 g/mol. The van der Waals surface area contributed by atoms with E-state index >= 15 is 0 Å². The van der Waals surface area contributed by atoms with E-state index in [9.17, 15) is 14.4 Å². The van der Waals surface area contributed by atoms with Gasteiger partial charge in [0.05, 0.1) is 0 Å². The van der Waals surface area contributed by atoms with E-state index in [-0.39, 0.29) is 12.1 Å². The van der Waals surface area contributed by atoms with E-state index in [2.05, 4.69) is 10.3 Å². The topological polar surface area (TPSA) is 114 Å². The van der Waals surface area contributed by atoms with Gasteiger partial charge < -0.3 is 11.1 Å². The second kappa shape index (κ2) is 6.98. The van der Waals surface area contributed by atoms with Crippen LogP contribution in [0.2, 0.25) is 0 Å². The van der Waals surface area contributed by atoms with Gasteiger partial charge in [-0.15, -0.1) is 0 Å². The number of hydrogen-bond donors (Lipinski definition) is 3. The Morgan fingerprint density at radius 1 is 1.05 bits per heavy atom. The zero-order chi connectivity index (χ0) is 15.9. The number of nitrogens with two attached hydrogens (primary N) is 1. The summed E-state index contributed by atoms with van der Waals surface area (Å²) in [5.74, 6) is -2.58. The average molecular weight is 298 g/mol. The first kappa shape index (κ1) is 15.2. The molecule has 0 unspecified atom stereocenters. The molecule has 0 aliphatic carbocycles. The van der Waals surface area contributed by atoms with Gasteiger partial charge in [-0.25, -0.2) is 0 Å². The number of carbonyl (C=O) groups excluding carboxylic acids is 3. The van der Waals surface area contributed by atoms with Crippen LogP contribution in [0.25, 0.3) is 0 Å². The molecule has 1 heterocycles. The number of hydrogen-bond acceptors (Lipinski definition) is 5. The largest absolute Gasteiger partial charge is 0.399 e. The Labute approximate surface area is 126 Å². The van der Waals surface area contributed by atoms with Crippen molar-refractivity contribution in [1.82, 2.24) is 15.6 Å². The number of nitrogen functional groups attached to an aromatic ring is 1. The summed E-state index contributed by atoms with van der Waals surface area (Å²) in [6.07, 6.45) is 3.17. The van der Waals surface area contributed by atoms with Crippen LogP contribution in [0.15, 0.2) is 48.8 Å². The van der Waals surface area contributed by atoms with Crippen molar-refractivity contribution < 1.29 is 14.4 Å². The molecule has 7 nitrogen and oxygen atoms in total. The second-order valence-electron chi connectivity index (χ2n) is 4.45. The van der Waals surface area contributed by atoms with Crippen LogP contribution < -0.4 is 16.4 Å². The lowest BCUT2D eigenvalue weighted by molar-refractivity contribution is -0.138. The first-order valence-electron chi connectivity index (χ1n) is 6.44. The maximum atomic E-state index is 11.8. The molecular formula is C15H14N4O3. The maximum Gasteiger partial charge on any atom is 0.316 e. The zero-order valence-corrected chi connectivity index (χ0v) is 11.6. The van der Waals surface area contributed by atoms with Crippen LogP contribution in [0, 0.1) is 0 Å². The van der Waals surface area contributed by atoms with Gasteiger partial charge in [0.1, 0.15) is 0 Å². The van der Waals surface area contributed by atoms with Crippen molar-refractivity contribution in [1.29, 1.82) is 0 Å². The lowest BCUT2D eigenvalue weighted by atomic mass is 10.2. The van der Waals surface area contributed by atoms with E-state index in [1.54, 1.807) is 24.5 Å². The smallest absolute Gasteiger partial charge is 0.316 e. The predicted molar refractivity (Wildman–Crippen MR) is 79.4 cm³/mol.